The van der Waals surface area contributed by atoms with Gasteiger partial charge in [0.05, 0.1) is 6.61 Å². The summed E-state index contributed by atoms with van der Waals surface area (Å²) in [6.07, 6.45) is 3.61. The molecule has 1 rings (SSSR count). The van der Waals surface area contributed by atoms with Crippen LogP contribution in [0.2, 0.25) is 0 Å². The molecule has 0 spiro atoms. The summed E-state index contributed by atoms with van der Waals surface area (Å²) in [6, 6.07) is 8.26. The number of ether oxygens (including phenoxy) is 1. The van der Waals surface area contributed by atoms with Crippen LogP contribution in [-0.4, -0.2) is 19.7 Å². The number of rotatable bonds is 9. The lowest BCUT2D eigenvalue weighted by atomic mass is 10.2. The van der Waals surface area contributed by atoms with Crippen molar-refractivity contribution in [2.75, 3.05) is 19.7 Å². The quantitative estimate of drug-likeness (QED) is 0.672. The Bertz CT molecular complexity index is 305. The van der Waals surface area contributed by atoms with Gasteiger partial charge in [0.15, 0.2) is 0 Å². The Hall–Kier alpha value is -1.02. The van der Waals surface area contributed by atoms with Crippen molar-refractivity contribution in [3.8, 4) is 5.75 Å². The molecule has 0 radical (unpaired) electrons. The van der Waals surface area contributed by atoms with Crippen LogP contribution in [0.3, 0.4) is 0 Å². The van der Waals surface area contributed by atoms with Crippen LogP contribution in [-0.2, 0) is 0 Å². The molecule has 2 nitrogen and oxygen atoms in total. The van der Waals surface area contributed by atoms with Crippen molar-refractivity contribution in [2.45, 2.75) is 40.0 Å². The second-order valence-electron chi connectivity index (χ2n) is 5.32. The predicted molar refractivity (Wildman–Crippen MR) is 78.2 cm³/mol. The van der Waals surface area contributed by atoms with Crippen LogP contribution >= 0.6 is 0 Å². The van der Waals surface area contributed by atoms with Gasteiger partial charge in [-0.2, -0.15) is 0 Å². The summed E-state index contributed by atoms with van der Waals surface area (Å²) >= 11 is 0. The van der Waals surface area contributed by atoms with Crippen molar-refractivity contribution < 1.29 is 4.74 Å². The third-order valence-electron chi connectivity index (χ3n) is 2.84. The molecule has 2 heteroatoms. The highest BCUT2D eigenvalue weighted by molar-refractivity contribution is 5.26. The summed E-state index contributed by atoms with van der Waals surface area (Å²) in [7, 11) is 0. The van der Waals surface area contributed by atoms with Gasteiger partial charge in [-0.15, -0.1) is 0 Å². The highest BCUT2D eigenvalue weighted by atomic mass is 16.5. The molecular formula is C16H27NO. The van der Waals surface area contributed by atoms with Gasteiger partial charge in [-0.1, -0.05) is 31.5 Å². The zero-order chi connectivity index (χ0) is 13.2. The summed E-state index contributed by atoms with van der Waals surface area (Å²) in [4.78, 5) is 0. The fourth-order valence-corrected chi connectivity index (χ4v) is 1.74. The van der Waals surface area contributed by atoms with Crippen molar-refractivity contribution in [3.05, 3.63) is 29.8 Å². The molecule has 18 heavy (non-hydrogen) atoms. The molecule has 0 fully saturated rings. The molecule has 0 saturated carbocycles. The van der Waals surface area contributed by atoms with E-state index in [0.29, 0.717) is 0 Å². The maximum absolute atomic E-state index is 5.69. The first-order valence-corrected chi connectivity index (χ1v) is 7.08. The Labute approximate surface area is 112 Å². The Morgan fingerprint density at radius 2 is 1.78 bits per heavy atom. The number of benzene rings is 1. The van der Waals surface area contributed by atoms with E-state index in [1.165, 1.54) is 18.4 Å². The van der Waals surface area contributed by atoms with E-state index < -0.39 is 0 Å². The van der Waals surface area contributed by atoms with E-state index in [0.717, 1.165) is 37.8 Å². The first-order valence-electron chi connectivity index (χ1n) is 7.08. The molecule has 0 saturated heterocycles. The molecule has 0 aliphatic rings. The van der Waals surface area contributed by atoms with Gasteiger partial charge in [-0.05, 0) is 57.3 Å². The number of nitrogens with one attached hydrogen (secondary N) is 1. The molecule has 0 atom stereocenters. The van der Waals surface area contributed by atoms with Crippen molar-refractivity contribution in [1.29, 1.82) is 0 Å². The molecular weight excluding hydrogens is 222 g/mol. The molecule has 1 aromatic rings. The average Bonchev–Trinajstić information content (AvgIpc) is 2.34. The second kappa shape index (κ2) is 8.98. The summed E-state index contributed by atoms with van der Waals surface area (Å²) in [5, 5.41) is 3.46. The molecule has 0 aliphatic heterocycles. The van der Waals surface area contributed by atoms with Gasteiger partial charge < -0.3 is 10.1 Å². The van der Waals surface area contributed by atoms with Gasteiger partial charge in [0.2, 0.25) is 0 Å². The summed E-state index contributed by atoms with van der Waals surface area (Å²) < 4.78 is 5.69. The molecule has 0 aromatic heterocycles. The van der Waals surface area contributed by atoms with Gasteiger partial charge in [0, 0.05) is 0 Å². The van der Waals surface area contributed by atoms with Gasteiger partial charge in [-0.3, -0.25) is 0 Å². The van der Waals surface area contributed by atoms with Crippen molar-refractivity contribution in [3.63, 3.8) is 0 Å². The molecule has 0 heterocycles. The zero-order valence-corrected chi connectivity index (χ0v) is 12.0. The standard InChI is InChI=1S/C16H27NO/c1-14(2)13-17-11-5-4-6-12-18-16-9-7-15(3)8-10-16/h7-10,14,17H,4-6,11-13H2,1-3H3. The maximum atomic E-state index is 5.69. The van der Waals surface area contributed by atoms with Crippen molar-refractivity contribution in [2.24, 2.45) is 5.92 Å². The Morgan fingerprint density at radius 3 is 2.44 bits per heavy atom. The fourth-order valence-electron chi connectivity index (χ4n) is 1.74. The fraction of sp³-hybridized carbons (Fsp3) is 0.625. The monoisotopic (exact) mass is 249 g/mol. The highest BCUT2D eigenvalue weighted by Gasteiger charge is 1.95. The van der Waals surface area contributed by atoms with Crippen LogP contribution in [0.25, 0.3) is 0 Å². The zero-order valence-electron chi connectivity index (χ0n) is 12.0. The average molecular weight is 249 g/mol. The first kappa shape index (κ1) is 15.0. The number of unbranched alkanes of at least 4 members (excludes halogenated alkanes) is 2. The maximum Gasteiger partial charge on any atom is 0.119 e. The van der Waals surface area contributed by atoms with Crippen LogP contribution in [0.4, 0.5) is 0 Å². The molecule has 102 valence electrons. The van der Waals surface area contributed by atoms with Gasteiger partial charge in [-0.25, -0.2) is 0 Å². The second-order valence-corrected chi connectivity index (χ2v) is 5.32. The Kier molecular flexibility index (Phi) is 7.51. The van der Waals surface area contributed by atoms with Crippen LogP contribution < -0.4 is 10.1 Å². The molecule has 1 aromatic carbocycles. The number of hydrogen-bond acceptors (Lipinski definition) is 2. The van der Waals surface area contributed by atoms with E-state index in [9.17, 15) is 0 Å². The third kappa shape index (κ3) is 7.33. The Balaban J connectivity index is 1.94. The van der Waals surface area contributed by atoms with Crippen LogP contribution in [0, 0.1) is 12.8 Å². The lowest BCUT2D eigenvalue weighted by Crippen LogP contribution is -2.20. The molecule has 0 amide bonds. The van der Waals surface area contributed by atoms with Crippen molar-refractivity contribution in [1.82, 2.24) is 5.32 Å². The van der Waals surface area contributed by atoms with E-state index in [2.05, 4.69) is 38.2 Å². The normalized spacial score (nSPS) is 10.9. The third-order valence-corrected chi connectivity index (χ3v) is 2.84. The van der Waals surface area contributed by atoms with Crippen molar-refractivity contribution >= 4 is 0 Å². The minimum Gasteiger partial charge on any atom is -0.494 e. The first-order chi connectivity index (χ1) is 8.68. The van der Waals surface area contributed by atoms with Gasteiger partial charge >= 0.3 is 0 Å². The Morgan fingerprint density at radius 1 is 1.06 bits per heavy atom. The number of hydrogen-bond donors (Lipinski definition) is 1. The van der Waals surface area contributed by atoms with E-state index >= 15 is 0 Å². The lowest BCUT2D eigenvalue weighted by Gasteiger charge is -2.08. The molecule has 1 N–H and O–H groups in total. The minimum atomic E-state index is 0.745. The largest absolute Gasteiger partial charge is 0.494 e. The topological polar surface area (TPSA) is 21.3 Å². The summed E-state index contributed by atoms with van der Waals surface area (Å²) in [5.74, 6) is 1.73. The molecule has 0 bridgehead atoms. The summed E-state index contributed by atoms with van der Waals surface area (Å²) in [5.41, 5.74) is 1.28. The van der Waals surface area contributed by atoms with Crippen LogP contribution in [0.15, 0.2) is 24.3 Å². The molecule has 0 aliphatic carbocycles. The smallest absolute Gasteiger partial charge is 0.119 e. The van der Waals surface area contributed by atoms with Gasteiger partial charge in [0.1, 0.15) is 5.75 Å². The lowest BCUT2D eigenvalue weighted by molar-refractivity contribution is 0.304. The van der Waals surface area contributed by atoms with Gasteiger partial charge in [0.25, 0.3) is 0 Å². The molecule has 0 unspecified atom stereocenters. The van der Waals surface area contributed by atoms with E-state index in [1.54, 1.807) is 0 Å². The van der Waals surface area contributed by atoms with Crippen LogP contribution in [0.1, 0.15) is 38.7 Å². The summed E-state index contributed by atoms with van der Waals surface area (Å²) in [6.45, 7) is 9.65. The van der Waals surface area contributed by atoms with E-state index in [-0.39, 0.29) is 0 Å². The van der Waals surface area contributed by atoms with E-state index in [1.807, 2.05) is 12.1 Å². The minimum absolute atomic E-state index is 0.745. The van der Waals surface area contributed by atoms with E-state index in [4.69, 9.17) is 4.74 Å². The van der Waals surface area contributed by atoms with Crippen LogP contribution in [0.5, 0.6) is 5.75 Å². The number of aryl methyl sites for hydroxylation is 1. The SMILES string of the molecule is Cc1ccc(OCCCCCNCC(C)C)cc1. The highest BCUT2D eigenvalue weighted by Crippen LogP contribution is 2.11. The predicted octanol–water partition coefficient (Wildman–Crippen LogP) is 3.79.